The summed E-state index contributed by atoms with van der Waals surface area (Å²) in [6, 6.07) is 13.0. The van der Waals surface area contributed by atoms with Crippen LogP contribution in [0.15, 0.2) is 42.5 Å². The van der Waals surface area contributed by atoms with Crippen molar-refractivity contribution in [3.63, 3.8) is 0 Å². The first kappa shape index (κ1) is 24.0. The van der Waals surface area contributed by atoms with Gasteiger partial charge < -0.3 is 25.6 Å². The fraction of sp³-hybridized carbons (Fsp3) is 0.462. The number of hydrogen-bond donors (Lipinski definition) is 3. The van der Waals surface area contributed by atoms with Crippen molar-refractivity contribution in [2.24, 2.45) is 0 Å². The first-order chi connectivity index (χ1) is 16.6. The molecule has 182 valence electrons. The predicted octanol–water partition coefficient (Wildman–Crippen LogP) is 3.56. The molecule has 8 heteroatoms. The number of morpholine rings is 1. The Hall–Kier alpha value is -3.10. The third kappa shape index (κ3) is 6.48. The highest BCUT2D eigenvalue weighted by Crippen LogP contribution is 2.27. The molecule has 4 rings (SSSR count). The van der Waals surface area contributed by atoms with Gasteiger partial charge >= 0.3 is 6.03 Å². The van der Waals surface area contributed by atoms with Crippen LogP contribution >= 0.6 is 0 Å². The van der Waals surface area contributed by atoms with E-state index >= 15 is 0 Å². The van der Waals surface area contributed by atoms with Crippen molar-refractivity contribution in [2.75, 3.05) is 68.0 Å². The molecule has 3 amide bonds. The van der Waals surface area contributed by atoms with Gasteiger partial charge in [-0.05, 0) is 55.2 Å². The lowest BCUT2D eigenvalue weighted by atomic mass is 10.1. The van der Waals surface area contributed by atoms with E-state index in [1.807, 2.05) is 36.4 Å². The number of anilines is 3. The Morgan fingerprint density at radius 1 is 0.912 bits per heavy atom. The second-order valence-corrected chi connectivity index (χ2v) is 8.77. The topological polar surface area (TPSA) is 85.9 Å². The van der Waals surface area contributed by atoms with Gasteiger partial charge in [-0.1, -0.05) is 19.1 Å². The van der Waals surface area contributed by atoms with E-state index in [0.717, 1.165) is 76.6 Å². The van der Waals surface area contributed by atoms with Crippen LogP contribution in [0.25, 0.3) is 0 Å². The number of amides is 3. The Labute approximate surface area is 201 Å². The molecule has 2 heterocycles. The van der Waals surface area contributed by atoms with Crippen LogP contribution in [0.5, 0.6) is 0 Å². The van der Waals surface area contributed by atoms with Gasteiger partial charge in [-0.3, -0.25) is 9.69 Å². The van der Waals surface area contributed by atoms with Gasteiger partial charge in [0.2, 0.25) is 0 Å². The molecule has 0 bridgehead atoms. The molecule has 3 N–H and O–H groups in total. The second kappa shape index (κ2) is 11.9. The molecule has 0 saturated carbocycles. The highest BCUT2D eigenvalue weighted by Gasteiger charge is 2.21. The Bertz CT molecular complexity index is 967. The number of carbonyl (C=O) groups is 2. The van der Waals surface area contributed by atoms with Crippen molar-refractivity contribution < 1.29 is 14.3 Å². The Balaban J connectivity index is 1.41. The van der Waals surface area contributed by atoms with Crippen LogP contribution < -0.4 is 20.9 Å². The van der Waals surface area contributed by atoms with Crippen molar-refractivity contribution in [3.8, 4) is 0 Å². The van der Waals surface area contributed by atoms with Gasteiger partial charge in [-0.25, -0.2) is 4.79 Å². The van der Waals surface area contributed by atoms with E-state index in [4.69, 9.17) is 4.74 Å². The van der Waals surface area contributed by atoms with Crippen LogP contribution in [0, 0.1) is 0 Å². The monoisotopic (exact) mass is 465 g/mol. The van der Waals surface area contributed by atoms with Crippen LogP contribution in [0.4, 0.5) is 21.9 Å². The summed E-state index contributed by atoms with van der Waals surface area (Å²) in [5.41, 5.74) is 4.04. The number of hydrogen-bond acceptors (Lipinski definition) is 5. The minimum absolute atomic E-state index is 0.116. The minimum Gasteiger partial charge on any atom is -0.379 e. The fourth-order valence-corrected chi connectivity index (χ4v) is 4.39. The van der Waals surface area contributed by atoms with Gasteiger partial charge in [0.1, 0.15) is 0 Å². The van der Waals surface area contributed by atoms with Gasteiger partial charge in [0, 0.05) is 56.3 Å². The molecular weight excluding hydrogens is 430 g/mol. The molecule has 34 heavy (non-hydrogen) atoms. The number of nitrogens with zero attached hydrogens (tertiary/aromatic N) is 2. The maximum Gasteiger partial charge on any atom is 0.323 e. The quantitative estimate of drug-likeness (QED) is 0.555. The smallest absolute Gasteiger partial charge is 0.323 e. The largest absolute Gasteiger partial charge is 0.379 e. The van der Waals surface area contributed by atoms with Crippen LogP contribution in [-0.4, -0.2) is 69.3 Å². The van der Waals surface area contributed by atoms with Gasteiger partial charge in [0.25, 0.3) is 5.91 Å². The van der Waals surface area contributed by atoms with Gasteiger partial charge in [-0.2, -0.15) is 0 Å². The number of urea groups is 1. The van der Waals surface area contributed by atoms with Gasteiger partial charge in [0.15, 0.2) is 0 Å². The first-order valence-corrected chi connectivity index (χ1v) is 12.3. The third-order valence-electron chi connectivity index (χ3n) is 6.38. The number of ether oxygens (including phenoxy) is 1. The summed E-state index contributed by atoms with van der Waals surface area (Å²) in [5, 5.41) is 8.79. The molecule has 2 saturated heterocycles. The van der Waals surface area contributed by atoms with Crippen LogP contribution in [0.2, 0.25) is 0 Å². The molecular formula is C26H35N5O3. The predicted molar refractivity (Wildman–Crippen MR) is 136 cm³/mol. The summed E-state index contributed by atoms with van der Waals surface area (Å²) in [5.74, 6) is -0.116. The maximum atomic E-state index is 13.1. The Morgan fingerprint density at radius 2 is 1.59 bits per heavy atom. The molecule has 0 atom stereocenters. The minimum atomic E-state index is -0.336. The zero-order chi connectivity index (χ0) is 23.8. The van der Waals surface area contributed by atoms with E-state index in [1.165, 1.54) is 5.56 Å². The fourth-order valence-electron chi connectivity index (χ4n) is 4.39. The zero-order valence-electron chi connectivity index (χ0n) is 19.9. The van der Waals surface area contributed by atoms with Crippen molar-refractivity contribution in [2.45, 2.75) is 26.2 Å². The van der Waals surface area contributed by atoms with Gasteiger partial charge in [-0.15, -0.1) is 0 Å². The summed E-state index contributed by atoms with van der Waals surface area (Å²) in [4.78, 5) is 30.2. The molecule has 2 aromatic rings. The summed E-state index contributed by atoms with van der Waals surface area (Å²) in [6.45, 7) is 8.61. The summed E-state index contributed by atoms with van der Waals surface area (Å²) in [7, 11) is 0. The molecule has 0 unspecified atom stereocenters. The zero-order valence-corrected chi connectivity index (χ0v) is 19.9. The number of carbonyl (C=O) groups excluding carboxylic acids is 2. The average molecular weight is 466 g/mol. The molecule has 2 aromatic carbocycles. The first-order valence-electron chi connectivity index (χ1n) is 12.3. The molecule has 0 aliphatic carbocycles. The van der Waals surface area contributed by atoms with Crippen LogP contribution in [0.1, 0.15) is 35.7 Å². The molecule has 0 radical (unpaired) electrons. The molecule has 2 aliphatic rings. The SMILES string of the molecule is CCc1ccc(NC(=O)Nc2ccc(N3CCCC3)c(C(=O)NCCN3CCOCC3)c2)cc1. The summed E-state index contributed by atoms with van der Waals surface area (Å²) < 4.78 is 5.39. The number of aryl methyl sites for hydroxylation is 1. The molecule has 0 aromatic heterocycles. The average Bonchev–Trinajstić information content (AvgIpc) is 3.40. The van der Waals surface area contributed by atoms with E-state index in [2.05, 4.69) is 32.7 Å². The summed E-state index contributed by atoms with van der Waals surface area (Å²) >= 11 is 0. The van der Waals surface area contributed by atoms with E-state index in [0.29, 0.717) is 17.8 Å². The summed E-state index contributed by atoms with van der Waals surface area (Å²) in [6.07, 6.45) is 3.20. The van der Waals surface area contributed by atoms with E-state index < -0.39 is 0 Å². The molecule has 0 spiro atoms. The normalized spacial score (nSPS) is 16.3. The van der Waals surface area contributed by atoms with E-state index in [9.17, 15) is 9.59 Å². The maximum absolute atomic E-state index is 13.1. The van der Waals surface area contributed by atoms with Crippen molar-refractivity contribution in [3.05, 3.63) is 53.6 Å². The number of benzene rings is 2. The van der Waals surface area contributed by atoms with Crippen LogP contribution in [-0.2, 0) is 11.2 Å². The van der Waals surface area contributed by atoms with Crippen molar-refractivity contribution >= 4 is 29.0 Å². The lowest BCUT2D eigenvalue weighted by molar-refractivity contribution is 0.0383. The molecule has 2 aliphatic heterocycles. The Kier molecular flexibility index (Phi) is 8.38. The molecule has 2 fully saturated rings. The van der Waals surface area contributed by atoms with Gasteiger partial charge in [0.05, 0.1) is 18.8 Å². The Morgan fingerprint density at radius 3 is 2.29 bits per heavy atom. The highest BCUT2D eigenvalue weighted by molar-refractivity contribution is 6.04. The standard InChI is InChI=1S/C26H35N5O3/c1-2-20-5-7-21(8-6-20)28-26(33)29-22-9-10-24(31-12-3-4-13-31)23(19-22)25(32)27-11-14-30-15-17-34-18-16-30/h5-10,19H,2-4,11-18H2,1H3,(H,27,32)(H2,28,29,33). The second-order valence-electron chi connectivity index (χ2n) is 8.77. The van der Waals surface area contributed by atoms with E-state index in [1.54, 1.807) is 6.07 Å². The van der Waals surface area contributed by atoms with Crippen molar-refractivity contribution in [1.29, 1.82) is 0 Å². The number of rotatable bonds is 8. The lowest BCUT2D eigenvalue weighted by Gasteiger charge is -2.26. The van der Waals surface area contributed by atoms with Crippen molar-refractivity contribution in [1.82, 2.24) is 10.2 Å². The third-order valence-corrected chi connectivity index (χ3v) is 6.38. The van der Waals surface area contributed by atoms with Crippen LogP contribution in [0.3, 0.4) is 0 Å². The van der Waals surface area contributed by atoms with E-state index in [-0.39, 0.29) is 11.9 Å². The molecule has 8 nitrogen and oxygen atoms in total. The number of nitrogens with one attached hydrogen (secondary N) is 3. The highest BCUT2D eigenvalue weighted by atomic mass is 16.5. The lowest BCUT2D eigenvalue weighted by Crippen LogP contribution is -2.41.